The van der Waals surface area contributed by atoms with Gasteiger partial charge in [0.15, 0.2) is 0 Å². The SMILES string of the molecule is CCc1nc2ccc(C(=O)NCCCN3CCC(Cc4ccccc4)CC3)cc2nc1CC. The molecule has 0 aliphatic carbocycles. The molecule has 1 saturated heterocycles. The number of rotatable bonds is 9. The quantitative estimate of drug-likeness (QED) is 0.480. The van der Waals surface area contributed by atoms with Crippen LogP contribution in [0.1, 0.15) is 60.4 Å². The van der Waals surface area contributed by atoms with E-state index in [4.69, 9.17) is 9.97 Å². The van der Waals surface area contributed by atoms with E-state index in [-0.39, 0.29) is 5.91 Å². The maximum absolute atomic E-state index is 12.7. The van der Waals surface area contributed by atoms with Gasteiger partial charge in [-0.3, -0.25) is 4.79 Å². The fourth-order valence-corrected chi connectivity index (χ4v) is 4.80. The normalized spacial score (nSPS) is 15.1. The molecule has 2 aromatic carbocycles. The van der Waals surface area contributed by atoms with Crippen LogP contribution >= 0.6 is 0 Å². The molecule has 1 fully saturated rings. The van der Waals surface area contributed by atoms with Crippen molar-refractivity contribution in [1.29, 1.82) is 0 Å². The minimum atomic E-state index is -0.0297. The van der Waals surface area contributed by atoms with E-state index in [1.165, 1.54) is 24.8 Å². The van der Waals surface area contributed by atoms with Crippen molar-refractivity contribution < 1.29 is 4.79 Å². The van der Waals surface area contributed by atoms with Crippen LogP contribution in [0.2, 0.25) is 0 Å². The van der Waals surface area contributed by atoms with Crippen molar-refractivity contribution in [2.24, 2.45) is 5.92 Å². The highest BCUT2D eigenvalue weighted by molar-refractivity contribution is 5.97. The van der Waals surface area contributed by atoms with Crippen molar-refractivity contribution in [2.75, 3.05) is 26.2 Å². The molecule has 0 atom stereocenters. The number of fused-ring (bicyclic) bond motifs is 1. The third kappa shape index (κ3) is 6.17. The zero-order chi connectivity index (χ0) is 23.0. The summed E-state index contributed by atoms with van der Waals surface area (Å²) < 4.78 is 0. The monoisotopic (exact) mass is 444 g/mol. The predicted octanol–water partition coefficient (Wildman–Crippen LogP) is 4.83. The second kappa shape index (κ2) is 11.4. The summed E-state index contributed by atoms with van der Waals surface area (Å²) >= 11 is 0. The number of hydrogen-bond donors (Lipinski definition) is 1. The van der Waals surface area contributed by atoms with Gasteiger partial charge in [0, 0.05) is 12.1 Å². The van der Waals surface area contributed by atoms with Gasteiger partial charge in [0.2, 0.25) is 0 Å². The lowest BCUT2D eigenvalue weighted by Gasteiger charge is -2.32. The maximum Gasteiger partial charge on any atom is 0.251 e. The highest BCUT2D eigenvalue weighted by atomic mass is 16.1. The Balaban J connectivity index is 1.21. The smallest absolute Gasteiger partial charge is 0.251 e. The third-order valence-electron chi connectivity index (χ3n) is 6.76. The summed E-state index contributed by atoms with van der Waals surface area (Å²) in [6, 6.07) is 16.5. The lowest BCUT2D eigenvalue weighted by molar-refractivity contribution is 0.0950. The summed E-state index contributed by atoms with van der Waals surface area (Å²) in [5, 5.41) is 3.08. The fourth-order valence-electron chi connectivity index (χ4n) is 4.80. The topological polar surface area (TPSA) is 58.1 Å². The van der Waals surface area contributed by atoms with Crippen molar-refractivity contribution in [3.8, 4) is 0 Å². The Morgan fingerprint density at radius 1 is 0.970 bits per heavy atom. The van der Waals surface area contributed by atoms with Gasteiger partial charge in [-0.2, -0.15) is 0 Å². The first-order chi connectivity index (χ1) is 16.2. The highest BCUT2D eigenvalue weighted by Gasteiger charge is 2.19. The first-order valence-electron chi connectivity index (χ1n) is 12.5. The third-order valence-corrected chi connectivity index (χ3v) is 6.76. The van der Waals surface area contributed by atoms with Crippen LogP contribution in [0.15, 0.2) is 48.5 Å². The molecule has 0 saturated carbocycles. The molecule has 1 N–H and O–H groups in total. The zero-order valence-electron chi connectivity index (χ0n) is 20.0. The minimum Gasteiger partial charge on any atom is -0.352 e. The van der Waals surface area contributed by atoms with E-state index in [0.717, 1.165) is 67.2 Å². The van der Waals surface area contributed by atoms with Gasteiger partial charge in [-0.15, -0.1) is 0 Å². The van der Waals surface area contributed by atoms with E-state index in [1.54, 1.807) is 0 Å². The molecular weight excluding hydrogens is 408 g/mol. The highest BCUT2D eigenvalue weighted by Crippen LogP contribution is 2.21. The number of nitrogens with zero attached hydrogens (tertiary/aromatic N) is 3. The standard InChI is InChI=1S/C28H36N4O/c1-3-24-25(4-2)31-27-20-23(11-12-26(27)30-24)28(33)29-15-8-16-32-17-13-22(14-18-32)19-21-9-6-5-7-10-21/h5-7,9-12,20,22H,3-4,8,13-19H2,1-2H3,(H,29,33). The Bertz CT molecular complexity index is 1060. The second-order valence-corrected chi connectivity index (χ2v) is 9.11. The van der Waals surface area contributed by atoms with E-state index in [9.17, 15) is 4.79 Å². The van der Waals surface area contributed by atoms with Crippen molar-refractivity contribution in [1.82, 2.24) is 20.2 Å². The number of carbonyl (C=O) groups excluding carboxylic acids is 1. The molecule has 174 valence electrons. The molecule has 1 aromatic heterocycles. The van der Waals surface area contributed by atoms with Crippen molar-refractivity contribution in [3.05, 3.63) is 71.0 Å². The van der Waals surface area contributed by atoms with Crippen molar-refractivity contribution in [3.63, 3.8) is 0 Å². The van der Waals surface area contributed by atoms with Gasteiger partial charge < -0.3 is 10.2 Å². The molecule has 2 heterocycles. The van der Waals surface area contributed by atoms with Gasteiger partial charge in [0.25, 0.3) is 5.91 Å². The maximum atomic E-state index is 12.7. The summed E-state index contributed by atoms with van der Waals surface area (Å²) in [5.74, 6) is 0.763. The summed E-state index contributed by atoms with van der Waals surface area (Å²) in [5.41, 5.74) is 5.84. The molecule has 3 aromatic rings. The van der Waals surface area contributed by atoms with Gasteiger partial charge in [-0.1, -0.05) is 44.2 Å². The Hall–Kier alpha value is -2.79. The summed E-state index contributed by atoms with van der Waals surface area (Å²) in [4.78, 5) is 24.7. The minimum absolute atomic E-state index is 0.0297. The summed E-state index contributed by atoms with van der Waals surface area (Å²) in [6.45, 7) is 8.26. The Morgan fingerprint density at radius 2 is 1.67 bits per heavy atom. The lowest BCUT2D eigenvalue weighted by Crippen LogP contribution is -2.36. The molecule has 5 nitrogen and oxygen atoms in total. The lowest BCUT2D eigenvalue weighted by atomic mass is 9.90. The van der Waals surface area contributed by atoms with E-state index >= 15 is 0 Å². The second-order valence-electron chi connectivity index (χ2n) is 9.11. The Labute approximate surface area is 197 Å². The fraction of sp³-hybridized carbons (Fsp3) is 0.464. The molecule has 0 bridgehead atoms. The van der Waals surface area contributed by atoms with Crippen LogP contribution in [0.5, 0.6) is 0 Å². The molecule has 1 amide bonds. The van der Waals surface area contributed by atoms with Gasteiger partial charge in [0.05, 0.1) is 22.4 Å². The number of aryl methyl sites for hydroxylation is 2. The van der Waals surface area contributed by atoms with Crippen LogP contribution in [-0.4, -0.2) is 47.0 Å². The van der Waals surface area contributed by atoms with Gasteiger partial charge in [-0.05, 0) is 87.8 Å². The summed E-state index contributed by atoms with van der Waals surface area (Å²) in [6.07, 6.45) is 6.42. The van der Waals surface area contributed by atoms with Gasteiger partial charge in [-0.25, -0.2) is 9.97 Å². The molecule has 1 aliphatic heterocycles. The molecular formula is C28H36N4O. The number of piperidine rings is 1. The molecule has 0 unspecified atom stereocenters. The number of benzene rings is 2. The molecule has 1 aliphatic rings. The number of carbonyl (C=O) groups is 1. The molecule has 5 heteroatoms. The van der Waals surface area contributed by atoms with Crippen LogP contribution in [0.25, 0.3) is 11.0 Å². The largest absolute Gasteiger partial charge is 0.352 e. The van der Waals surface area contributed by atoms with Gasteiger partial charge >= 0.3 is 0 Å². The summed E-state index contributed by atoms with van der Waals surface area (Å²) in [7, 11) is 0. The van der Waals surface area contributed by atoms with E-state index < -0.39 is 0 Å². The first kappa shape index (κ1) is 23.4. The number of amides is 1. The van der Waals surface area contributed by atoms with Crippen LogP contribution in [0.3, 0.4) is 0 Å². The zero-order valence-corrected chi connectivity index (χ0v) is 20.0. The van der Waals surface area contributed by atoms with Crippen LogP contribution in [0, 0.1) is 5.92 Å². The van der Waals surface area contributed by atoms with Crippen LogP contribution in [-0.2, 0) is 19.3 Å². The molecule has 4 rings (SSSR count). The molecule has 0 radical (unpaired) electrons. The predicted molar refractivity (Wildman–Crippen MR) is 135 cm³/mol. The Morgan fingerprint density at radius 3 is 2.36 bits per heavy atom. The number of hydrogen-bond acceptors (Lipinski definition) is 4. The Kier molecular flexibility index (Phi) is 8.05. The van der Waals surface area contributed by atoms with Gasteiger partial charge in [0.1, 0.15) is 0 Å². The number of aromatic nitrogens is 2. The van der Waals surface area contributed by atoms with Crippen LogP contribution in [0.4, 0.5) is 0 Å². The van der Waals surface area contributed by atoms with E-state index in [0.29, 0.717) is 12.1 Å². The van der Waals surface area contributed by atoms with Crippen molar-refractivity contribution in [2.45, 2.75) is 52.4 Å². The molecule has 33 heavy (non-hydrogen) atoms. The van der Waals surface area contributed by atoms with Crippen LogP contribution < -0.4 is 5.32 Å². The molecule has 0 spiro atoms. The van der Waals surface area contributed by atoms with Crippen molar-refractivity contribution >= 4 is 16.9 Å². The number of likely N-dealkylation sites (tertiary alicyclic amines) is 1. The first-order valence-corrected chi connectivity index (χ1v) is 12.5. The van der Waals surface area contributed by atoms with E-state index in [1.807, 2.05) is 18.2 Å². The average Bonchev–Trinajstić information content (AvgIpc) is 2.86. The number of nitrogens with one attached hydrogen (secondary N) is 1. The average molecular weight is 445 g/mol. The van der Waals surface area contributed by atoms with E-state index in [2.05, 4.69) is 54.4 Å².